The van der Waals surface area contributed by atoms with E-state index in [1.54, 1.807) is 11.0 Å². The molecule has 0 aliphatic heterocycles. The fourth-order valence-electron chi connectivity index (χ4n) is 3.03. The van der Waals surface area contributed by atoms with Crippen LogP contribution in [0.4, 0.5) is 18.0 Å². The maximum Gasteiger partial charge on any atom is 0.416 e. The van der Waals surface area contributed by atoms with Crippen molar-refractivity contribution in [1.29, 1.82) is 0 Å². The zero-order valence-corrected chi connectivity index (χ0v) is 17.1. The summed E-state index contributed by atoms with van der Waals surface area (Å²) < 4.78 is 44.3. The van der Waals surface area contributed by atoms with Gasteiger partial charge in [-0.15, -0.1) is 0 Å². The molecular weight excluding hydrogens is 379 g/mol. The Bertz CT molecular complexity index is 775. The van der Waals surface area contributed by atoms with Crippen LogP contribution in [0.2, 0.25) is 0 Å². The van der Waals surface area contributed by atoms with Crippen molar-refractivity contribution in [3.63, 3.8) is 0 Å². The van der Waals surface area contributed by atoms with Gasteiger partial charge in [0.15, 0.2) is 0 Å². The van der Waals surface area contributed by atoms with Gasteiger partial charge in [0.25, 0.3) is 0 Å². The number of amides is 1. The standard InChI is InChI=1S/C23H28F3NO2/c1-4-21(14-13-18-11-8-12-20(15-18)23(24,25)26)29-22(28)27(17(2)3)16-19-9-6-5-7-10-19/h5-12,15,17,21H,4,13-14,16H2,1-3H3. The predicted octanol–water partition coefficient (Wildman–Crippen LogP) is 6.46. The first-order valence-corrected chi connectivity index (χ1v) is 9.88. The van der Waals surface area contributed by atoms with Crippen LogP contribution in [0.5, 0.6) is 0 Å². The first kappa shape index (κ1) is 22.8. The van der Waals surface area contributed by atoms with Crippen molar-refractivity contribution in [2.75, 3.05) is 0 Å². The molecule has 0 saturated heterocycles. The van der Waals surface area contributed by atoms with E-state index in [-0.39, 0.29) is 12.1 Å². The van der Waals surface area contributed by atoms with E-state index >= 15 is 0 Å². The van der Waals surface area contributed by atoms with Gasteiger partial charge in [-0.25, -0.2) is 4.79 Å². The van der Waals surface area contributed by atoms with Gasteiger partial charge in [0.05, 0.1) is 5.56 Å². The maximum absolute atomic E-state index is 12.9. The molecule has 0 radical (unpaired) electrons. The molecular formula is C23H28F3NO2. The average Bonchev–Trinajstić information content (AvgIpc) is 2.69. The third kappa shape index (κ3) is 7.11. The number of carbonyl (C=O) groups is 1. The molecule has 0 aromatic heterocycles. The number of hydrogen-bond donors (Lipinski definition) is 0. The largest absolute Gasteiger partial charge is 0.446 e. The molecule has 0 N–H and O–H groups in total. The van der Waals surface area contributed by atoms with Crippen LogP contribution in [0.15, 0.2) is 54.6 Å². The van der Waals surface area contributed by atoms with Gasteiger partial charge >= 0.3 is 12.3 Å². The Morgan fingerprint density at radius 3 is 2.28 bits per heavy atom. The number of ether oxygens (including phenoxy) is 1. The normalized spacial score (nSPS) is 12.7. The lowest BCUT2D eigenvalue weighted by atomic mass is 10.0. The number of hydrogen-bond acceptors (Lipinski definition) is 2. The number of nitrogens with zero attached hydrogens (tertiary/aromatic N) is 1. The Labute approximate surface area is 170 Å². The summed E-state index contributed by atoms with van der Waals surface area (Å²) >= 11 is 0. The predicted molar refractivity (Wildman–Crippen MR) is 107 cm³/mol. The van der Waals surface area contributed by atoms with E-state index in [9.17, 15) is 18.0 Å². The minimum Gasteiger partial charge on any atom is -0.446 e. The van der Waals surface area contributed by atoms with E-state index in [0.29, 0.717) is 31.4 Å². The molecule has 158 valence electrons. The van der Waals surface area contributed by atoms with E-state index in [1.807, 2.05) is 51.1 Å². The van der Waals surface area contributed by atoms with E-state index in [1.165, 1.54) is 6.07 Å². The van der Waals surface area contributed by atoms with Crippen LogP contribution in [-0.4, -0.2) is 23.1 Å². The van der Waals surface area contributed by atoms with Crippen LogP contribution >= 0.6 is 0 Å². The second kappa shape index (κ2) is 10.3. The third-order valence-electron chi connectivity index (χ3n) is 4.79. The molecule has 0 aliphatic rings. The monoisotopic (exact) mass is 407 g/mol. The van der Waals surface area contributed by atoms with Crippen molar-refractivity contribution in [1.82, 2.24) is 4.90 Å². The fraction of sp³-hybridized carbons (Fsp3) is 0.435. The van der Waals surface area contributed by atoms with Crippen LogP contribution in [0.1, 0.15) is 50.3 Å². The third-order valence-corrected chi connectivity index (χ3v) is 4.79. The van der Waals surface area contributed by atoms with Crippen LogP contribution in [0.25, 0.3) is 0 Å². The molecule has 1 atom stereocenters. The minimum absolute atomic E-state index is 0.0383. The van der Waals surface area contributed by atoms with E-state index in [2.05, 4.69) is 0 Å². The summed E-state index contributed by atoms with van der Waals surface area (Å²) in [5.41, 5.74) is 0.934. The molecule has 0 bridgehead atoms. The molecule has 0 saturated carbocycles. The van der Waals surface area contributed by atoms with Gasteiger partial charge in [-0.2, -0.15) is 13.2 Å². The number of carbonyl (C=O) groups excluding carboxylic acids is 1. The van der Waals surface area contributed by atoms with Crippen molar-refractivity contribution in [3.05, 3.63) is 71.3 Å². The summed E-state index contributed by atoms with van der Waals surface area (Å²) in [6, 6.07) is 14.9. The molecule has 2 aromatic carbocycles. The quantitative estimate of drug-likeness (QED) is 0.502. The van der Waals surface area contributed by atoms with Crippen LogP contribution in [0, 0.1) is 0 Å². The summed E-state index contributed by atoms with van der Waals surface area (Å²) in [4.78, 5) is 14.4. The van der Waals surface area contributed by atoms with Crippen LogP contribution < -0.4 is 0 Å². The van der Waals surface area contributed by atoms with Gasteiger partial charge in [0, 0.05) is 12.6 Å². The molecule has 0 heterocycles. The van der Waals surface area contributed by atoms with Gasteiger partial charge in [0.2, 0.25) is 0 Å². The maximum atomic E-state index is 12.9. The van der Waals surface area contributed by atoms with Crippen molar-refractivity contribution in [2.45, 2.75) is 64.9 Å². The number of aryl methyl sites for hydroxylation is 1. The van der Waals surface area contributed by atoms with Crippen LogP contribution in [-0.2, 0) is 23.9 Å². The molecule has 0 spiro atoms. The van der Waals surface area contributed by atoms with Crippen molar-refractivity contribution >= 4 is 6.09 Å². The Hall–Kier alpha value is -2.50. The summed E-state index contributed by atoms with van der Waals surface area (Å²) in [6.45, 7) is 6.20. The molecule has 2 aromatic rings. The number of benzene rings is 2. The lowest BCUT2D eigenvalue weighted by molar-refractivity contribution is -0.137. The van der Waals surface area contributed by atoms with E-state index in [0.717, 1.165) is 17.7 Å². The Morgan fingerprint density at radius 2 is 1.69 bits per heavy atom. The smallest absolute Gasteiger partial charge is 0.416 e. The highest BCUT2D eigenvalue weighted by molar-refractivity contribution is 5.68. The van der Waals surface area contributed by atoms with Gasteiger partial charge in [-0.3, -0.25) is 0 Å². The summed E-state index contributed by atoms with van der Waals surface area (Å²) in [7, 11) is 0. The number of alkyl halides is 3. The minimum atomic E-state index is -4.36. The SMILES string of the molecule is CCC(CCc1cccc(C(F)(F)F)c1)OC(=O)N(Cc1ccccc1)C(C)C. The second-order valence-corrected chi connectivity index (χ2v) is 7.36. The summed E-state index contributed by atoms with van der Waals surface area (Å²) in [6.07, 6.45) is -3.63. The molecule has 1 unspecified atom stereocenters. The first-order chi connectivity index (χ1) is 13.7. The van der Waals surface area contributed by atoms with Crippen molar-refractivity contribution in [3.8, 4) is 0 Å². The lowest BCUT2D eigenvalue weighted by Crippen LogP contribution is -2.38. The molecule has 0 fully saturated rings. The second-order valence-electron chi connectivity index (χ2n) is 7.36. The molecule has 29 heavy (non-hydrogen) atoms. The van der Waals surface area contributed by atoms with E-state index < -0.39 is 17.8 Å². The molecule has 3 nitrogen and oxygen atoms in total. The number of rotatable bonds is 8. The Kier molecular flexibility index (Phi) is 8.11. The van der Waals surface area contributed by atoms with Gasteiger partial charge in [0.1, 0.15) is 6.10 Å². The summed E-state index contributed by atoms with van der Waals surface area (Å²) in [5, 5.41) is 0. The first-order valence-electron chi connectivity index (χ1n) is 9.88. The van der Waals surface area contributed by atoms with Gasteiger partial charge < -0.3 is 9.64 Å². The fourth-order valence-corrected chi connectivity index (χ4v) is 3.03. The number of halogens is 3. The van der Waals surface area contributed by atoms with Crippen molar-refractivity contribution in [2.24, 2.45) is 0 Å². The topological polar surface area (TPSA) is 29.5 Å². The Balaban J connectivity index is 1.98. The van der Waals surface area contributed by atoms with Gasteiger partial charge in [-0.05, 0) is 50.3 Å². The highest BCUT2D eigenvalue weighted by Crippen LogP contribution is 2.30. The van der Waals surface area contributed by atoms with Crippen molar-refractivity contribution < 1.29 is 22.7 Å². The van der Waals surface area contributed by atoms with E-state index in [4.69, 9.17) is 4.74 Å². The summed E-state index contributed by atoms with van der Waals surface area (Å²) in [5.74, 6) is 0. The molecule has 0 aliphatic carbocycles. The molecule has 6 heteroatoms. The van der Waals surface area contributed by atoms with Crippen LogP contribution in [0.3, 0.4) is 0 Å². The van der Waals surface area contributed by atoms with Gasteiger partial charge in [-0.1, -0.05) is 55.5 Å². The zero-order chi connectivity index (χ0) is 21.4. The lowest BCUT2D eigenvalue weighted by Gasteiger charge is -2.28. The molecule has 2 rings (SSSR count). The average molecular weight is 407 g/mol. The highest BCUT2D eigenvalue weighted by atomic mass is 19.4. The highest BCUT2D eigenvalue weighted by Gasteiger charge is 2.30. The zero-order valence-electron chi connectivity index (χ0n) is 17.1. The Morgan fingerprint density at radius 1 is 1.03 bits per heavy atom. The molecule has 1 amide bonds.